The van der Waals surface area contributed by atoms with Crippen LogP contribution in [0, 0.1) is 0 Å². The second kappa shape index (κ2) is 5.73. The Kier molecular flexibility index (Phi) is 4.78. The minimum Gasteiger partial charge on any atom is -0.349 e. The first kappa shape index (κ1) is 15.0. The highest BCUT2D eigenvalue weighted by Crippen LogP contribution is 2.28. The van der Waals surface area contributed by atoms with Crippen LogP contribution in [0.4, 0.5) is 19.1 Å². The van der Waals surface area contributed by atoms with E-state index in [0.717, 1.165) is 12.3 Å². The summed E-state index contributed by atoms with van der Waals surface area (Å²) in [4.78, 5) is 7.27. The topological polar surface area (TPSA) is 37.8 Å². The molecule has 1 heterocycles. The Morgan fingerprint density at radius 3 is 2.56 bits per heavy atom. The zero-order valence-corrected chi connectivity index (χ0v) is 10.9. The number of rotatable bonds is 5. The maximum absolute atomic E-state index is 12.5. The van der Waals surface area contributed by atoms with Gasteiger partial charge >= 0.3 is 6.18 Å². The van der Waals surface area contributed by atoms with E-state index in [4.69, 9.17) is 11.6 Å². The highest BCUT2D eigenvalue weighted by atomic mass is 35.5. The minimum atomic E-state index is -4.46. The lowest BCUT2D eigenvalue weighted by Gasteiger charge is -2.29. The van der Waals surface area contributed by atoms with Gasteiger partial charge in [0.2, 0.25) is 5.95 Å². The van der Waals surface area contributed by atoms with Gasteiger partial charge in [0, 0.05) is 17.6 Å². The maximum atomic E-state index is 12.5. The van der Waals surface area contributed by atoms with E-state index in [9.17, 15) is 13.2 Å². The molecule has 0 aliphatic rings. The maximum Gasteiger partial charge on any atom is 0.433 e. The molecule has 102 valence electrons. The molecule has 1 N–H and O–H groups in total. The van der Waals surface area contributed by atoms with E-state index in [-0.39, 0.29) is 5.95 Å². The third-order valence-corrected chi connectivity index (χ3v) is 2.98. The van der Waals surface area contributed by atoms with Crippen LogP contribution in [0.1, 0.15) is 32.4 Å². The summed E-state index contributed by atoms with van der Waals surface area (Å²) >= 11 is 5.67. The Hall–Kier alpha value is -1.04. The van der Waals surface area contributed by atoms with Crippen molar-refractivity contribution in [3.8, 4) is 0 Å². The monoisotopic (exact) mass is 281 g/mol. The Morgan fingerprint density at radius 2 is 2.06 bits per heavy atom. The zero-order valence-electron chi connectivity index (χ0n) is 10.2. The summed E-state index contributed by atoms with van der Waals surface area (Å²) < 4.78 is 37.5. The molecule has 0 aliphatic carbocycles. The lowest BCUT2D eigenvalue weighted by atomic mass is 9.96. The first-order valence-corrected chi connectivity index (χ1v) is 6.08. The summed E-state index contributed by atoms with van der Waals surface area (Å²) in [5, 5.41) is 2.91. The predicted molar refractivity (Wildman–Crippen MR) is 64.7 cm³/mol. The van der Waals surface area contributed by atoms with Crippen molar-refractivity contribution in [3.63, 3.8) is 0 Å². The fourth-order valence-corrected chi connectivity index (χ4v) is 1.80. The van der Waals surface area contributed by atoms with E-state index in [1.807, 2.05) is 13.8 Å². The number of halogens is 4. The van der Waals surface area contributed by atoms with Crippen molar-refractivity contribution in [1.29, 1.82) is 0 Å². The molecule has 0 radical (unpaired) electrons. The van der Waals surface area contributed by atoms with Crippen molar-refractivity contribution in [2.75, 3.05) is 11.2 Å². The molecule has 18 heavy (non-hydrogen) atoms. The fourth-order valence-electron chi connectivity index (χ4n) is 1.38. The molecule has 0 fully saturated rings. The van der Waals surface area contributed by atoms with Crippen LogP contribution < -0.4 is 5.32 Å². The van der Waals surface area contributed by atoms with E-state index >= 15 is 0 Å². The van der Waals surface area contributed by atoms with Crippen molar-refractivity contribution in [2.45, 2.75) is 38.4 Å². The number of alkyl halides is 4. The van der Waals surface area contributed by atoms with Gasteiger partial charge in [-0.25, -0.2) is 9.97 Å². The second-order valence-electron chi connectivity index (χ2n) is 4.24. The molecular formula is C11H15ClF3N3. The number of anilines is 1. The summed E-state index contributed by atoms with van der Waals surface area (Å²) in [5.41, 5.74) is -1.37. The number of nitrogens with zero attached hydrogens (tertiary/aromatic N) is 2. The largest absolute Gasteiger partial charge is 0.433 e. The molecule has 0 spiro atoms. The van der Waals surface area contributed by atoms with Crippen LogP contribution in [0.2, 0.25) is 0 Å². The third-order valence-electron chi connectivity index (χ3n) is 2.79. The minimum absolute atomic E-state index is 0.0284. The van der Waals surface area contributed by atoms with Crippen molar-refractivity contribution < 1.29 is 13.2 Å². The van der Waals surface area contributed by atoms with Crippen molar-refractivity contribution in [1.82, 2.24) is 9.97 Å². The van der Waals surface area contributed by atoms with Gasteiger partial charge < -0.3 is 5.32 Å². The van der Waals surface area contributed by atoms with Gasteiger partial charge in [-0.15, -0.1) is 11.6 Å². The van der Waals surface area contributed by atoms with Gasteiger partial charge in [0.05, 0.1) is 0 Å². The van der Waals surface area contributed by atoms with Gasteiger partial charge in [-0.05, 0) is 25.8 Å². The number of hydrogen-bond acceptors (Lipinski definition) is 3. The number of aromatic nitrogens is 2. The van der Waals surface area contributed by atoms with Crippen LogP contribution in [0.15, 0.2) is 12.3 Å². The van der Waals surface area contributed by atoms with Crippen LogP contribution in [0.25, 0.3) is 0 Å². The molecule has 0 saturated heterocycles. The van der Waals surface area contributed by atoms with Gasteiger partial charge in [0.15, 0.2) is 0 Å². The average molecular weight is 282 g/mol. The fraction of sp³-hybridized carbons (Fsp3) is 0.636. The molecular weight excluding hydrogens is 267 g/mol. The molecule has 1 rings (SSSR count). The Labute approximate surface area is 109 Å². The first-order chi connectivity index (χ1) is 8.30. The van der Waals surface area contributed by atoms with Crippen molar-refractivity contribution in [3.05, 3.63) is 18.0 Å². The lowest BCUT2D eigenvalue weighted by molar-refractivity contribution is -0.141. The van der Waals surface area contributed by atoms with Gasteiger partial charge in [-0.2, -0.15) is 13.2 Å². The van der Waals surface area contributed by atoms with Crippen molar-refractivity contribution >= 4 is 17.5 Å². The summed E-state index contributed by atoms with van der Waals surface area (Å²) in [6, 6.07) is 0.843. The van der Waals surface area contributed by atoms with E-state index in [2.05, 4.69) is 15.3 Å². The van der Waals surface area contributed by atoms with E-state index < -0.39 is 17.4 Å². The van der Waals surface area contributed by atoms with Crippen molar-refractivity contribution in [2.24, 2.45) is 0 Å². The quantitative estimate of drug-likeness (QED) is 0.836. The third kappa shape index (κ3) is 4.01. The van der Waals surface area contributed by atoms with Crippen LogP contribution in [0.3, 0.4) is 0 Å². The van der Waals surface area contributed by atoms with Gasteiger partial charge in [0.25, 0.3) is 0 Å². The van der Waals surface area contributed by atoms with E-state index in [1.165, 1.54) is 0 Å². The predicted octanol–water partition coefficient (Wildman–Crippen LogP) is 3.70. The molecule has 0 aliphatic heterocycles. The molecule has 3 nitrogen and oxygen atoms in total. The summed E-state index contributed by atoms with van der Waals surface area (Å²) in [7, 11) is 0. The highest BCUT2D eigenvalue weighted by molar-refractivity contribution is 6.17. The standard InChI is InChI=1S/C11H15ClF3N3/c1-3-10(2,5-6-12)18-9-16-7-4-8(17-9)11(13,14)15/h4,7H,3,5-6H2,1-2H3,(H,16,17,18). The second-order valence-corrected chi connectivity index (χ2v) is 4.62. The summed E-state index contributed by atoms with van der Waals surface area (Å²) in [6.07, 6.45) is -2.05. The van der Waals surface area contributed by atoms with E-state index in [1.54, 1.807) is 0 Å². The summed E-state index contributed by atoms with van der Waals surface area (Å²) in [5.74, 6) is 0.385. The highest BCUT2D eigenvalue weighted by Gasteiger charge is 2.33. The molecule has 1 atom stereocenters. The molecule has 0 saturated carbocycles. The van der Waals surface area contributed by atoms with Crippen LogP contribution in [-0.4, -0.2) is 21.4 Å². The molecule has 0 aromatic carbocycles. The van der Waals surface area contributed by atoms with Crippen LogP contribution in [-0.2, 0) is 6.18 Å². The van der Waals surface area contributed by atoms with Crippen LogP contribution >= 0.6 is 11.6 Å². The lowest BCUT2D eigenvalue weighted by Crippen LogP contribution is -2.35. The smallest absolute Gasteiger partial charge is 0.349 e. The van der Waals surface area contributed by atoms with Gasteiger partial charge in [-0.3, -0.25) is 0 Å². The molecule has 1 aromatic heterocycles. The molecule has 7 heteroatoms. The first-order valence-electron chi connectivity index (χ1n) is 5.55. The number of hydrogen-bond donors (Lipinski definition) is 1. The molecule has 0 bridgehead atoms. The summed E-state index contributed by atoms with van der Waals surface area (Å²) in [6.45, 7) is 3.80. The Balaban J connectivity index is 2.91. The normalized spacial score (nSPS) is 15.2. The average Bonchev–Trinajstić information content (AvgIpc) is 2.28. The Morgan fingerprint density at radius 1 is 1.39 bits per heavy atom. The molecule has 0 amide bonds. The van der Waals surface area contributed by atoms with Crippen LogP contribution in [0.5, 0.6) is 0 Å². The van der Waals surface area contributed by atoms with E-state index in [0.29, 0.717) is 18.7 Å². The number of nitrogens with one attached hydrogen (secondary N) is 1. The zero-order chi connectivity index (χ0) is 13.8. The van der Waals surface area contributed by atoms with Gasteiger partial charge in [-0.1, -0.05) is 6.92 Å². The Bertz CT molecular complexity index is 397. The molecule has 1 unspecified atom stereocenters. The SMILES string of the molecule is CCC(C)(CCCl)Nc1nccc(C(F)(F)F)n1. The van der Waals surface area contributed by atoms with Gasteiger partial charge in [0.1, 0.15) is 5.69 Å². The molecule has 1 aromatic rings.